The van der Waals surface area contributed by atoms with E-state index in [1.165, 1.54) is 11.6 Å². The number of hydrogen-bond donors (Lipinski definition) is 1. The molecule has 1 fully saturated rings. The van der Waals surface area contributed by atoms with E-state index in [9.17, 15) is 4.79 Å². The number of rotatable bonds is 3. The lowest BCUT2D eigenvalue weighted by atomic mass is 9.94. The summed E-state index contributed by atoms with van der Waals surface area (Å²) in [6.07, 6.45) is 0. The van der Waals surface area contributed by atoms with Crippen molar-refractivity contribution in [3.05, 3.63) is 41.7 Å². The largest absolute Gasteiger partial charge is 0.475 e. The average molecular weight is 261 g/mol. The summed E-state index contributed by atoms with van der Waals surface area (Å²) in [5.41, 5.74) is 2.79. The van der Waals surface area contributed by atoms with Crippen molar-refractivity contribution in [3.63, 3.8) is 0 Å². The van der Waals surface area contributed by atoms with E-state index in [-0.39, 0.29) is 5.76 Å². The Hall–Kier alpha value is -1.75. The molecule has 0 aliphatic carbocycles. The van der Waals surface area contributed by atoms with Gasteiger partial charge in [0.25, 0.3) is 0 Å². The highest BCUT2D eigenvalue weighted by Crippen LogP contribution is 2.38. The topological polar surface area (TPSA) is 63.3 Å². The fraction of sp³-hybridized carbons (Fsp3) is 0.231. The van der Waals surface area contributed by atoms with Gasteiger partial charge in [-0.3, -0.25) is 0 Å². The minimum Gasteiger partial charge on any atom is -0.475 e. The number of nitrogens with zero attached hydrogens (tertiary/aromatic N) is 1. The minimum absolute atomic E-state index is 0.122. The van der Waals surface area contributed by atoms with Crippen LogP contribution in [0.4, 0.5) is 0 Å². The Balaban J connectivity index is 2.02. The summed E-state index contributed by atoms with van der Waals surface area (Å²) >= 11 is 1.92. The first kappa shape index (κ1) is 11.3. The standard InChI is InChI=1S/C13H11NO3S/c15-13(16)12-5-11(14-17-12)10-4-2-1-3-9(10)8-6-18-7-8/h1-5,8H,6-7H2,(H,15,16). The summed E-state index contributed by atoms with van der Waals surface area (Å²) in [7, 11) is 0. The highest BCUT2D eigenvalue weighted by Gasteiger charge is 2.24. The van der Waals surface area contributed by atoms with E-state index in [4.69, 9.17) is 9.63 Å². The van der Waals surface area contributed by atoms with Crippen LogP contribution in [-0.4, -0.2) is 27.7 Å². The molecule has 2 heterocycles. The summed E-state index contributed by atoms with van der Waals surface area (Å²) in [4.78, 5) is 10.8. The maximum atomic E-state index is 10.8. The van der Waals surface area contributed by atoms with E-state index in [1.807, 2.05) is 30.0 Å². The number of carboxylic acids is 1. The Morgan fingerprint density at radius 1 is 1.39 bits per heavy atom. The predicted molar refractivity (Wildman–Crippen MR) is 69.0 cm³/mol. The monoisotopic (exact) mass is 261 g/mol. The van der Waals surface area contributed by atoms with Crippen molar-refractivity contribution in [2.24, 2.45) is 0 Å². The molecule has 0 saturated carbocycles. The first-order valence-electron chi connectivity index (χ1n) is 5.63. The molecule has 0 unspecified atom stereocenters. The zero-order valence-electron chi connectivity index (χ0n) is 9.50. The van der Waals surface area contributed by atoms with Crippen LogP contribution in [0, 0.1) is 0 Å². The number of carboxylic acid groups (broad SMARTS) is 1. The quantitative estimate of drug-likeness (QED) is 0.920. The molecule has 18 heavy (non-hydrogen) atoms. The molecule has 0 amide bonds. The molecule has 4 nitrogen and oxygen atoms in total. The number of benzene rings is 1. The third kappa shape index (κ3) is 1.90. The Morgan fingerprint density at radius 2 is 2.17 bits per heavy atom. The molecule has 0 spiro atoms. The van der Waals surface area contributed by atoms with E-state index in [1.54, 1.807) is 0 Å². The number of hydrogen-bond acceptors (Lipinski definition) is 4. The van der Waals surface area contributed by atoms with E-state index >= 15 is 0 Å². The lowest BCUT2D eigenvalue weighted by Crippen LogP contribution is -2.16. The van der Waals surface area contributed by atoms with E-state index in [0.717, 1.165) is 17.1 Å². The highest BCUT2D eigenvalue weighted by molar-refractivity contribution is 8.00. The van der Waals surface area contributed by atoms with Crippen LogP contribution < -0.4 is 0 Å². The molecule has 1 saturated heterocycles. The van der Waals surface area contributed by atoms with Crippen LogP contribution in [0.2, 0.25) is 0 Å². The first-order valence-corrected chi connectivity index (χ1v) is 6.78. The predicted octanol–water partition coefficient (Wildman–Crippen LogP) is 2.87. The van der Waals surface area contributed by atoms with Gasteiger partial charge in [0.2, 0.25) is 5.76 Å². The van der Waals surface area contributed by atoms with Crippen LogP contribution in [0.1, 0.15) is 22.0 Å². The van der Waals surface area contributed by atoms with Crippen LogP contribution in [0.5, 0.6) is 0 Å². The van der Waals surface area contributed by atoms with Crippen LogP contribution in [-0.2, 0) is 0 Å². The average Bonchev–Trinajstić information content (AvgIpc) is 2.77. The molecule has 0 atom stereocenters. The van der Waals surface area contributed by atoms with Gasteiger partial charge < -0.3 is 9.63 Å². The molecule has 92 valence electrons. The van der Waals surface area contributed by atoms with E-state index in [0.29, 0.717) is 11.6 Å². The van der Waals surface area contributed by atoms with E-state index < -0.39 is 5.97 Å². The normalized spacial score (nSPS) is 15.3. The molecule has 0 bridgehead atoms. The molecule has 1 N–H and O–H groups in total. The van der Waals surface area contributed by atoms with Crippen molar-refractivity contribution in [2.75, 3.05) is 11.5 Å². The maximum absolute atomic E-state index is 10.8. The second-order valence-electron chi connectivity index (χ2n) is 4.20. The van der Waals surface area contributed by atoms with Crippen LogP contribution >= 0.6 is 11.8 Å². The molecule has 3 rings (SSSR count). The van der Waals surface area contributed by atoms with Gasteiger partial charge in [-0.05, 0) is 5.56 Å². The maximum Gasteiger partial charge on any atom is 0.374 e. The number of thioether (sulfide) groups is 1. The van der Waals surface area contributed by atoms with E-state index in [2.05, 4.69) is 11.2 Å². The second kappa shape index (κ2) is 4.49. The summed E-state index contributed by atoms with van der Waals surface area (Å²) < 4.78 is 4.81. The van der Waals surface area contributed by atoms with Gasteiger partial charge in [0.15, 0.2) is 0 Å². The third-order valence-electron chi connectivity index (χ3n) is 3.04. The van der Waals surface area contributed by atoms with Crippen LogP contribution in [0.15, 0.2) is 34.9 Å². The fourth-order valence-electron chi connectivity index (χ4n) is 2.00. The van der Waals surface area contributed by atoms with Gasteiger partial charge in [-0.1, -0.05) is 29.4 Å². The van der Waals surface area contributed by atoms with Gasteiger partial charge in [-0.15, -0.1) is 0 Å². The Bertz CT molecular complexity index is 589. The third-order valence-corrected chi connectivity index (χ3v) is 4.31. The SMILES string of the molecule is O=C(O)c1cc(-c2ccccc2C2CSC2)no1. The molecular formula is C13H11NO3S. The van der Waals surface area contributed by atoms with Gasteiger partial charge in [0.05, 0.1) is 0 Å². The summed E-state index contributed by atoms with van der Waals surface area (Å²) in [6, 6.07) is 9.45. The second-order valence-corrected chi connectivity index (χ2v) is 5.28. The summed E-state index contributed by atoms with van der Waals surface area (Å²) in [6.45, 7) is 0. The Labute approximate surface area is 108 Å². The fourth-order valence-corrected chi connectivity index (χ4v) is 2.83. The molecular weight excluding hydrogens is 250 g/mol. The minimum atomic E-state index is -1.09. The lowest BCUT2D eigenvalue weighted by molar-refractivity contribution is 0.0652. The number of aromatic nitrogens is 1. The van der Waals surface area contributed by atoms with Gasteiger partial charge in [0, 0.05) is 29.1 Å². The molecule has 1 aromatic heterocycles. The van der Waals surface area contributed by atoms with Crippen molar-refractivity contribution < 1.29 is 14.4 Å². The van der Waals surface area contributed by atoms with Gasteiger partial charge in [-0.2, -0.15) is 11.8 Å². The van der Waals surface area contributed by atoms with Crippen molar-refractivity contribution >= 4 is 17.7 Å². The van der Waals surface area contributed by atoms with Crippen LogP contribution in [0.3, 0.4) is 0 Å². The molecule has 5 heteroatoms. The molecule has 1 aliphatic heterocycles. The van der Waals surface area contributed by atoms with Gasteiger partial charge >= 0.3 is 5.97 Å². The van der Waals surface area contributed by atoms with Gasteiger partial charge in [0.1, 0.15) is 5.69 Å². The Morgan fingerprint density at radius 3 is 2.78 bits per heavy atom. The number of carbonyl (C=O) groups is 1. The lowest BCUT2D eigenvalue weighted by Gasteiger charge is -2.26. The van der Waals surface area contributed by atoms with Gasteiger partial charge in [-0.25, -0.2) is 4.79 Å². The number of aromatic carboxylic acids is 1. The molecule has 2 aromatic rings. The highest BCUT2D eigenvalue weighted by atomic mass is 32.2. The summed E-state index contributed by atoms with van der Waals surface area (Å²) in [5.74, 6) is 1.55. The zero-order valence-corrected chi connectivity index (χ0v) is 10.3. The summed E-state index contributed by atoms with van der Waals surface area (Å²) in [5, 5.41) is 12.7. The van der Waals surface area contributed by atoms with Crippen LogP contribution in [0.25, 0.3) is 11.3 Å². The van der Waals surface area contributed by atoms with Crippen molar-refractivity contribution in [3.8, 4) is 11.3 Å². The molecule has 0 radical (unpaired) electrons. The smallest absolute Gasteiger partial charge is 0.374 e. The first-order chi connectivity index (χ1) is 8.75. The molecule has 1 aromatic carbocycles. The van der Waals surface area contributed by atoms with Crippen molar-refractivity contribution in [1.29, 1.82) is 0 Å². The Kier molecular flexibility index (Phi) is 2.83. The zero-order chi connectivity index (χ0) is 12.5. The van der Waals surface area contributed by atoms with Crippen molar-refractivity contribution in [1.82, 2.24) is 5.16 Å². The molecule has 1 aliphatic rings. The van der Waals surface area contributed by atoms with Crippen molar-refractivity contribution in [2.45, 2.75) is 5.92 Å².